The molecule has 5 nitrogen and oxygen atoms in total. The first-order valence-electron chi connectivity index (χ1n) is 9.79. The summed E-state index contributed by atoms with van der Waals surface area (Å²) in [6.07, 6.45) is -1.57. The second kappa shape index (κ2) is 8.11. The lowest BCUT2D eigenvalue weighted by Gasteiger charge is -2.32. The summed E-state index contributed by atoms with van der Waals surface area (Å²) in [4.78, 5) is 18.8. The Hall–Kier alpha value is -3.67. The number of alkyl halides is 4. The van der Waals surface area contributed by atoms with Gasteiger partial charge >= 0.3 is 6.18 Å². The highest BCUT2D eigenvalue weighted by atomic mass is 19.4. The molecule has 1 atom stereocenters. The number of carbonyl (C=O) groups excluding carboxylic acids is 1. The van der Waals surface area contributed by atoms with Crippen LogP contribution in [0.15, 0.2) is 42.7 Å². The second-order valence-corrected chi connectivity index (χ2v) is 7.53. The fourth-order valence-electron chi connectivity index (χ4n) is 3.59. The van der Waals surface area contributed by atoms with Crippen LogP contribution in [0.3, 0.4) is 0 Å². The zero-order valence-corrected chi connectivity index (χ0v) is 17.2. The minimum absolute atomic E-state index is 0.180. The van der Waals surface area contributed by atoms with Crippen molar-refractivity contribution in [2.75, 3.05) is 11.4 Å². The van der Waals surface area contributed by atoms with Crippen LogP contribution in [0.5, 0.6) is 0 Å². The highest BCUT2D eigenvalue weighted by Crippen LogP contribution is 2.36. The van der Waals surface area contributed by atoms with E-state index in [1.165, 1.54) is 17.2 Å². The molecule has 1 aliphatic heterocycles. The summed E-state index contributed by atoms with van der Waals surface area (Å²) in [6, 6.07) is 6.43. The minimum atomic E-state index is -4.68. The smallest absolute Gasteiger partial charge is 0.305 e. The summed E-state index contributed by atoms with van der Waals surface area (Å²) < 4.78 is 54.3. The van der Waals surface area contributed by atoms with Gasteiger partial charge in [-0.15, -0.1) is 0 Å². The number of amides is 1. The van der Waals surface area contributed by atoms with Crippen LogP contribution in [0, 0.1) is 18.8 Å². The molecule has 0 spiro atoms. The molecule has 1 aliphatic rings. The van der Waals surface area contributed by atoms with Crippen LogP contribution in [0.2, 0.25) is 0 Å². The van der Waals surface area contributed by atoms with Crippen LogP contribution >= 0.6 is 0 Å². The lowest BCUT2D eigenvalue weighted by molar-refractivity contribution is -0.138. The molecule has 9 heteroatoms. The molecule has 0 aliphatic carbocycles. The molecule has 0 saturated heterocycles. The molecule has 1 amide bonds. The molecule has 0 unspecified atom stereocenters. The van der Waals surface area contributed by atoms with Crippen molar-refractivity contribution >= 4 is 11.6 Å². The SMILES string of the molecule is Cc1ccc(C#Cc2cnn3c2C(=O)N(c2ccc(C(F)(F)F)c(C[18F])c2)C[C@@H]3C)cn1. The van der Waals surface area contributed by atoms with E-state index in [1.807, 2.05) is 26.0 Å². The summed E-state index contributed by atoms with van der Waals surface area (Å²) in [7, 11) is 0. The van der Waals surface area contributed by atoms with Gasteiger partial charge in [-0.25, -0.2) is 4.39 Å². The molecule has 0 bridgehead atoms. The number of rotatable bonds is 2. The predicted octanol–water partition coefficient (Wildman–Crippen LogP) is 4.70. The van der Waals surface area contributed by atoms with Gasteiger partial charge in [-0.2, -0.15) is 18.3 Å². The Bertz CT molecular complexity index is 1240. The van der Waals surface area contributed by atoms with Gasteiger partial charge in [0.1, 0.15) is 12.4 Å². The number of benzene rings is 1. The molecule has 1 aromatic carbocycles. The highest BCUT2D eigenvalue weighted by Gasteiger charge is 2.36. The Balaban J connectivity index is 1.71. The van der Waals surface area contributed by atoms with Gasteiger partial charge in [0.05, 0.1) is 23.4 Å². The molecule has 0 radical (unpaired) electrons. The summed E-state index contributed by atoms with van der Waals surface area (Å²) >= 11 is 0. The maximum absolute atomic E-state index is 13.3. The molecular formula is C23H18F4N4O. The minimum Gasteiger partial charge on any atom is -0.305 e. The number of anilines is 1. The van der Waals surface area contributed by atoms with E-state index in [4.69, 9.17) is 0 Å². The molecule has 32 heavy (non-hydrogen) atoms. The predicted molar refractivity (Wildman–Crippen MR) is 110 cm³/mol. The van der Waals surface area contributed by atoms with E-state index in [-0.39, 0.29) is 24.0 Å². The fraction of sp³-hybridized carbons (Fsp3) is 0.261. The van der Waals surface area contributed by atoms with Gasteiger partial charge in [0, 0.05) is 29.7 Å². The van der Waals surface area contributed by atoms with Crippen LogP contribution < -0.4 is 4.90 Å². The number of fused-ring (bicyclic) bond motifs is 1. The average molecular weight is 441 g/mol. The highest BCUT2D eigenvalue weighted by molar-refractivity contribution is 6.07. The van der Waals surface area contributed by atoms with Crippen LogP contribution in [-0.4, -0.2) is 27.2 Å². The Morgan fingerprint density at radius 3 is 2.59 bits per heavy atom. The van der Waals surface area contributed by atoms with Crippen molar-refractivity contribution in [3.63, 3.8) is 0 Å². The van der Waals surface area contributed by atoms with Crippen molar-refractivity contribution in [3.8, 4) is 11.8 Å². The first-order chi connectivity index (χ1) is 15.2. The van der Waals surface area contributed by atoms with Gasteiger partial charge in [0.15, 0.2) is 0 Å². The first-order valence-corrected chi connectivity index (χ1v) is 9.79. The number of nitrogens with zero attached hydrogens (tertiary/aromatic N) is 4. The van der Waals surface area contributed by atoms with Gasteiger partial charge < -0.3 is 4.90 Å². The van der Waals surface area contributed by atoms with Crippen molar-refractivity contribution in [2.24, 2.45) is 0 Å². The summed E-state index contributed by atoms with van der Waals surface area (Å²) in [6.45, 7) is 2.58. The van der Waals surface area contributed by atoms with Crippen molar-refractivity contribution in [3.05, 3.63) is 76.4 Å². The molecule has 164 valence electrons. The van der Waals surface area contributed by atoms with Crippen molar-refractivity contribution < 1.29 is 22.4 Å². The van der Waals surface area contributed by atoms with Crippen LogP contribution in [-0.2, 0) is 12.9 Å². The van der Waals surface area contributed by atoms with E-state index in [1.54, 1.807) is 10.9 Å². The van der Waals surface area contributed by atoms with Crippen LogP contribution in [0.1, 0.15) is 51.4 Å². The van der Waals surface area contributed by atoms with E-state index < -0.39 is 29.9 Å². The summed E-state index contributed by atoms with van der Waals surface area (Å²) in [5.41, 5.74) is 0.770. The Morgan fingerprint density at radius 2 is 1.94 bits per heavy atom. The summed E-state index contributed by atoms with van der Waals surface area (Å²) in [5.74, 6) is 5.42. The number of aromatic nitrogens is 3. The van der Waals surface area contributed by atoms with Crippen LogP contribution in [0.25, 0.3) is 0 Å². The van der Waals surface area contributed by atoms with Gasteiger partial charge in [0.25, 0.3) is 5.91 Å². The van der Waals surface area contributed by atoms with E-state index in [2.05, 4.69) is 21.9 Å². The monoisotopic (exact) mass is 441 g/mol. The number of aryl methyl sites for hydroxylation is 1. The van der Waals surface area contributed by atoms with E-state index >= 15 is 0 Å². The quantitative estimate of drug-likeness (QED) is 0.428. The Labute approximate surface area is 181 Å². The Morgan fingerprint density at radius 1 is 1.16 bits per heavy atom. The Kier molecular flexibility index (Phi) is 5.46. The normalized spacial score (nSPS) is 15.9. The molecule has 0 fully saturated rings. The molecular weight excluding hydrogens is 423 g/mol. The van der Waals surface area contributed by atoms with Gasteiger partial charge in [-0.1, -0.05) is 11.8 Å². The summed E-state index contributed by atoms with van der Waals surface area (Å²) in [5, 5.41) is 4.27. The third-order valence-corrected chi connectivity index (χ3v) is 5.21. The molecule has 2 aromatic heterocycles. The fourth-order valence-corrected chi connectivity index (χ4v) is 3.59. The maximum atomic E-state index is 13.3. The number of carbonyl (C=O) groups is 1. The second-order valence-electron chi connectivity index (χ2n) is 7.53. The molecule has 3 heterocycles. The molecule has 4 rings (SSSR count). The van der Waals surface area contributed by atoms with E-state index in [0.29, 0.717) is 11.1 Å². The van der Waals surface area contributed by atoms with Gasteiger partial charge in [0.2, 0.25) is 0 Å². The van der Waals surface area contributed by atoms with E-state index in [9.17, 15) is 22.4 Å². The molecule has 0 N–H and O–H groups in total. The zero-order valence-electron chi connectivity index (χ0n) is 17.2. The lowest BCUT2D eigenvalue weighted by Crippen LogP contribution is -2.43. The van der Waals surface area contributed by atoms with Crippen LogP contribution in [0.4, 0.5) is 23.2 Å². The van der Waals surface area contributed by atoms with E-state index in [0.717, 1.165) is 17.8 Å². The maximum Gasteiger partial charge on any atom is 0.416 e. The third-order valence-electron chi connectivity index (χ3n) is 5.21. The van der Waals surface area contributed by atoms with Crippen molar-refractivity contribution in [1.29, 1.82) is 0 Å². The van der Waals surface area contributed by atoms with Crippen molar-refractivity contribution in [2.45, 2.75) is 32.7 Å². The number of hydrogen-bond donors (Lipinski definition) is 0. The van der Waals surface area contributed by atoms with Gasteiger partial charge in [-0.3, -0.25) is 14.5 Å². The van der Waals surface area contributed by atoms with Gasteiger partial charge in [-0.05, 0) is 49.7 Å². The number of hydrogen-bond acceptors (Lipinski definition) is 3. The zero-order chi connectivity index (χ0) is 23.0. The molecule has 0 saturated carbocycles. The third kappa shape index (κ3) is 3.96. The topological polar surface area (TPSA) is 51.0 Å². The molecule has 3 aromatic rings. The average Bonchev–Trinajstić information content (AvgIpc) is 3.20. The van der Waals surface area contributed by atoms with Crippen molar-refractivity contribution in [1.82, 2.24) is 14.8 Å². The standard InChI is InChI=1S/C23H18F4N4O/c1-14-3-4-16(11-28-14)5-6-17-12-29-31-15(2)13-30(22(32)21(17)31)19-7-8-20(23(25,26)27)18(9-19)10-24/h3-4,7-9,11-12,15H,10,13H2,1-2H3/t15-/m0/s1/i24-1. The number of halogens is 4. The first kappa shape index (κ1) is 21.6. The largest absolute Gasteiger partial charge is 0.416 e. The number of pyridine rings is 1. The lowest BCUT2D eigenvalue weighted by atomic mass is 10.0.